The third-order valence-corrected chi connectivity index (χ3v) is 5.64. The van der Waals surface area contributed by atoms with E-state index in [0.29, 0.717) is 23.4 Å². The summed E-state index contributed by atoms with van der Waals surface area (Å²) in [5, 5.41) is 13.2. The molecule has 0 saturated carbocycles. The molecule has 3 rings (SSSR count). The third kappa shape index (κ3) is 3.36. The minimum Gasteiger partial charge on any atom is -0.477 e. The Bertz CT molecular complexity index is 526. The number of carboxylic acids is 1. The van der Waals surface area contributed by atoms with Gasteiger partial charge in [0.05, 0.1) is 11.8 Å². The lowest BCUT2D eigenvalue weighted by Crippen LogP contribution is -3.19. The first-order valence-electron chi connectivity index (χ1n) is 9.26. The molecule has 3 heterocycles. The fourth-order valence-corrected chi connectivity index (χ4v) is 4.55. The van der Waals surface area contributed by atoms with Gasteiger partial charge in [-0.1, -0.05) is 39.0 Å². The summed E-state index contributed by atoms with van der Waals surface area (Å²) in [6.45, 7) is 4.09. The molecule has 5 heteroatoms. The largest absolute Gasteiger partial charge is 0.477 e. The molecule has 4 atom stereocenters. The van der Waals surface area contributed by atoms with E-state index in [0.717, 1.165) is 25.0 Å². The molecular formula is C18H30N3O2+. The van der Waals surface area contributed by atoms with Crippen LogP contribution in [0, 0.1) is 0 Å². The van der Waals surface area contributed by atoms with Crippen molar-refractivity contribution >= 4 is 11.7 Å². The fraction of sp³-hybridized carbons (Fsp3) is 0.778. The number of nitrogens with zero attached hydrogens (tertiary/aromatic N) is 1. The molecule has 4 unspecified atom stereocenters. The van der Waals surface area contributed by atoms with Gasteiger partial charge in [-0.15, -0.1) is 0 Å². The molecule has 0 radical (unpaired) electrons. The van der Waals surface area contributed by atoms with E-state index in [1.165, 1.54) is 43.4 Å². The van der Waals surface area contributed by atoms with Crippen molar-refractivity contribution in [2.75, 3.05) is 0 Å². The van der Waals surface area contributed by atoms with Crippen molar-refractivity contribution in [3.8, 4) is 0 Å². The van der Waals surface area contributed by atoms with Crippen LogP contribution in [0.5, 0.6) is 0 Å². The number of hydrogen-bond donors (Lipinski definition) is 3. The third-order valence-electron chi connectivity index (χ3n) is 5.64. The molecule has 0 aliphatic carbocycles. The fourth-order valence-electron chi connectivity index (χ4n) is 4.55. The zero-order valence-electron chi connectivity index (χ0n) is 14.4. The van der Waals surface area contributed by atoms with Gasteiger partial charge in [0.15, 0.2) is 0 Å². The van der Waals surface area contributed by atoms with E-state index in [9.17, 15) is 9.90 Å². The van der Waals surface area contributed by atoms with Crippen LogP contribution in [0.4, 0.5) is 0 Å². The monoisotopic (exact) mass is 320 g/mol. The van der Waals surface area contributed by atoms with Gasteiger partial charge in [-0.2, -0.15) is 0 Å². The second-order valence-electron chi connectivity index (χ2n) is 7.27. The Morgan fingerprint density at radius 1 is 1.35 bits per heavy atom. The lowest BCUT2D eigenvalue weighted by Gasteiger charge is -2.40. The Kier molecular flexibility index (Phi) is 5.17. The highest BCUT2D eigenvalue weighted by molar-refractivity contribution is 6.18. The second-order valence-corrected chi connectivity index (χ2v) is 7.27. The molecule has 0 aromatic carbocycles. The predicted octanol–water partition coefficient (Wildman–Crippen LogP) is 1.85. The number of nitrogens with one attached hydrogen (secondary N) is 2. The lowest BCUT2D eigenvalue weighted by atomic mass is 9.96. The molecule has 2 saturated heterocycles. The van der Waals surface area contributed by atoms with Crippen LogP contribution in [0.15, 0.2) is 16.3 Å². The summed E-state index contributed by atoms with van der Waals surface area (Å²) in [5.74, 6) is -0.814. The maximum atomic E-state index is 11.5. The number of hydrogen-bond acceptors (Lipinski definition) is 3. The normalized spacial score (nSPS) is 32.7. The first kappa shape index (κ1) is 16.7. The zero-order chi connectivity index (χ0) is 16.4. The topological polar surface area (TPSA) is 66.1 Å². The number of aliphatic imine (C=N–C) groups is 1. The molecule has 3 aliphatic heterocycles. The van der Waals surface area contributed by atoms with Gasteiger partial charge in [0.25, 0.3) is 0 Å². The minimum atomic E-state index is -0.814. The number of aliphatic carboxylic acids is 1. The highest BCUT2D eigenvalue weighted by Crippen LogP contribution is 2.26. The number of rotatable bonds is 7. The van der Waals surface area contributed by atoms with Crippen LogP contribution in [0.1, 0.15) is 71.6 Å². The first-order chi connectivity index (χ1) is 11.1. The number of quaternary nitrogens is 1. The average Bonchev–Trinajstić information content (AvgIpc) is 2.91. The van der Waals surface area contributed by atoms with Crippen LogP contribution in [0.25, 0.3) is 0 Å². The van der Waals surface area contributed by atoms with Gasteiger partial charge >= 0.3 is 5.97 Å². The Balaban J connectivity index is 1.63. The molecule has 2 fully saturated rings. The molecule has 0 bridgehead atoms. The highest BCUT2D eigenvalue weighted by Gasteiger charge is 2.49. The molecule has 128 valence electrons. The van der Waals surface area contributed by atoms with E-state index in [1.54, 1.807) is 0 Å². The van der Waals surface area contributed by atoms with Crippen LogP contribution < -0.4 is 10.2 Å². The zero-order valence-corrected chi connectivity index (χ0v) is 14.4. The van der Waals surface area contributed by atoms with Gasteiger partial charge in [0.2, 0.25) is 6.29 Å². The molecule has 3 N–H and O–H groups in total. The number of carbonyl (C=O) groups is 1. The number of carboxylic acid groups (broad SMARTS) is 1. The van der Waals surface area contributed by atoms with Crippen LogP contribution in [-0.4, -0.2) is 35.2 Å². The molecular weight excluding hydrogens is 290 g/mol. The van der Waals surface area contributed by atoms with E-state index in [2.05, 4.69) is 17.2 Å². The van der Waals surface area contributed by atoms with E-state index < -0.39 is 5.97 Å². The van der Waals surface area contributed by atoms with Crippen molar-refractivity contribution in [2.24, 2.45) is 4.99 Å². The predicted molar refractivity (Wildman–Crippen MR) is 90.5 cm³/mol. The number of allylic oxidation sites excluding steroid dienone is 1. The maximum Gasteiger partial charge on any atom is 0.343 e. The summed E-state index contributed by atoms with van der Waals surface area (Å²) in [6, 6.07) is 1.08. The van der Waals surface area contributed by atoms with Crippen molar-refractivity contribution in [1.29, 1.82) is 0 Å². The first-order valence-corrected chi connectivity index (χ1v) is 9.26. The molecule has 0 aromatic heterocycles. The molecule has 0 spiro atoms. The summed E-state index contributed by atoms with van der Waals surface area (Å²) < 4.78 is 0. The standard InChI is InChI=1S/C18H29N3O2/c1-3-4-5-6-7-8-13-11-14-9-10-15-16(17(22)23)12(2)19-18(20-13)21(14)15/h13-14,18,20H,3-11H2,1-2H3,(H,22,23)/p+1. The molecule has 5 nitrogen and oxygen atoms in total. The van der Waals surface area contributed by atoms with Gasteiger partial charge in [0, 0.05) is 25.3 Å². The maximum absolute atomic E-state index is 11.5. The van der Waals surface area contributed by atoms with Crippen LogP contribution in [0.2, 0.25) is 0 Å². The number of unbranched alkanes of at least 4 members (excludes halogenated alkanes) is 4. The van der Waals surface area contributed by atoms with Crippen LogP contribution in [0.3, 0.4) is 0 Å². The molecule has 23 heavy (non-hydrogen) atoms. The van der Waals surface area contributed by atoms with Crippen molar-refractivity contribution in [3.05, 3.63) is 11.3 Å². The summed E-state index contributed by atoms with van der Waals surface area (Å²) in [4.78, 5) is 17.5. The van der Waals surface area contributed by atoms with Gasteiger partial charge in [0.1, 0.15) is 11.3 Å². The van der Waals surface area contributed by atoms with Crippen LogP contribution >= 0.6 is 0 Å². The van der Waals surface area contributed by atoms with E-state index in [1.807, 2.05) is 6.92 Å². The van der Waals surface area contributed by atoms with Crippen LogP contribution in [-0.2, 0) is 4.79 Å². The summed E-state index contributed by atoms with van der Waals surface area (Å²) in [7, 11) is 0. The summed E-state index contributed by atoms with van der Waals surface area (Å²) >= 11 is 0. The Labute approximate surface area is 138 Å². The quantitative estimate of drug-likeness (QED) is 0.627. The van der Waals surface area contributed by atoms with Crippen molar-refractivity contribution in [3.63, 3.8) is 0 Å². The molecule has 0 amide bonds. The molecule has 0 aromatic rings. The van der Waals surface area contributed by atoms with Crippen molar-refractivity contribution in [2.45, 2.75) is 90.0 Å². The summed E-state index contributed by atoms with van der Waals surface area (Å²) in [5.41, 5.74) is 2.24. The minimum absolute atomic E-state index is 0.0370. The lowest BCUT2D eigenvalue weighted by molar-refractivity contribution is -0.913. The van der Waals surface area contributed by atoms with Gasteiger partial charge in [-0.3, -0.25) is 4.90 Å². The Morgan fingerprint density at radius 3 is 2.87 bits per heavy atom. The smallest absolute Gasteiger partial charge is 0.343 e. The van der Waals surface area contributed by atoms with E-state index in [-0.39, 0.29) is 6.29 Å². The van der Waals surface area contributed by atoms with Crippen molar-refractivity contribution in [1.82, 2.24) is 5.32 Å². The van der Waals surface area contributed by atoms with Crippen molar-refractivity contribution < 1.29 is 14.8 Å². The Hall–Kier alpha value is -1.20. The van der Waals surface area contributed by atoms with E-state index in [4.69, 9.17) is 0 Å². The second kappa shape index (κ2) is 7.14. The Morgan fingerprint density at radius 2 is 2.13 bits per heavy atom. The van der Waals surface area contributed by atoms with Gasteiger partial charge in [-0.05, 0) is 13.3 Å². The van der Waals surface area contributed by atoms with E-state index >= 15 is 0 Å². The highest BCUT2D eigenvalue weighted by atomic mass is 16.4. The SMILES string of the molecule is CCCCCCCC1CC2CCC3=C(C(=O)O)C(C)=NC(N1)[NH+]32. The average molecular weight is 320 g/mol. The summed E-state index contributed by atoms with van der Waals surface area (Å²) in [6.07, 6.45) is 11.0. The molecule has 3 aliphatic rings. The van der Waals surface area contributed by atoms with Gasteiger partial charge in [-0.25, -0.2) is 15.1 Å². The van der Waals surface area contributed by atoms with Gasteiger partial charge < -0.3 is 5.11 Å².